The lowest BCUT2D eigenvalue weighted by atomic mass is 10.1. The summed E-state index contributed by atoms with van der Waals surface area (Å²) in [5, 5.41) is 2.68. The number of methoxy groups -OCH3 is 1. The molecule has 6 heteroatoms. The van der Waals surface area contributed by atoms with Crippen molar-refractivity contribution in [2.45, 2.75) is 19.9 Å². The number of rotatable bonds is 6. The molecule has 0 bridgehead atoms. The van der Waals surface area contributed by atoms with Gasteiger partial charge in [0.2, 0.25) is 0 Å². The topological polar surface area (TPSA) is 67.9 Å². The summed E-state index contributed by atoms with van der Waals surface area (Å²) in [4.78, 5) is 25.0. The van der Waals surface area contributed by atoms with Gasteiger partial charge in [-0.25, -0.2) is 4.79 Å². The molecule has 0 aromatic heterocycles. The Balaban J connectivity index is 1.88. The Morgan fingerprint density at radius 1 is 1.29 bits per heavy atom. The average molecular weight is 292 g/mol. The second kappa shape index (κ2) is 6.47. The molecule has 1 aromatic rings. The van der Waals surface area contributed by atoms with Crippen LogP contribution in [0.4, 0.5) is 4.79 Å². The van der Waals surface area contributed by atoms with E-state index in [0.717, 1.165) is 0 Å². The molecule has 21 heavy (non-hydrogen) atoms. The number of benzene rings is 1. The smallest absolute Gasteiger partial charge is 0.324 e. The number of carbonyl (C=O) groups is 2. The average Bonchev–Trinajstić information content (AvgIpc) is 2.75. The molecule has 3 amide bonds. The maximum absolute atomic E-state index is 12.1. The summed E-state index contributed by atoms with van der Waals surface area (Å²) in [6.07, 6.45) is 0. The maximum atomic E-state index is 12.1. The Bertz CT molecular complexity index is 530. The molecule has 1 aromatic carbocycles. The standard InChI is InChI=1S/C15H20N2O4/c1-10(2)13-14(18)17(15(19)16-13)7-8-21-12-6-4-5-11(9-12)20-3/h4-6,9-10,13H,7-8H2,1-3H3,(H,16,19)/t13-/m1/s1. The van der Waals surface area contributed by atoms with E-state index in [0.29, 0.717) is 11.5 Å². The number of urea groups is 1. The fraction of sp³-hybridized carbons (Fsp3) is 0.467. The molecule has 0 unspecified atom stereocenters. The van der Waals surface area contributed by atoms with Gasteiger partial charge >= 0.3 is 6.03 Å². The van der Waals surface area contributed by atoms with Gasteiger partial charge in [-0.05, 0) is 18.1 Å². The molecule has 1 aliphatic heterocycles. The first-order valence-electron chi connectivity index (χ1n) is 6.91. The lowest BCUT2D eigenvalue weighted by Gasteiger charge is -2.15. The normalized spacial score (nSPS) is 18.1. The Hall–Kier alpha value is -2.24. The first kappa shape index (κ1) is 15.2. The van der Waals surface area contributed by atoms with E-state index in [-0.39, 0.29) is 31.0 Å². The van der Waals surface area contributed by atoms with Crippen molar-refractivity contribution >= 4 is 11.9 Å². The third-order valence-corrected chi connectivity index (χ3v) is 3.35. The number of hydrogen-bond donors (Lipinski definition) is 1. The van der Waals surface area contributed by atoms with Crippen molar-refractivity contribution in [1.82, 2.24) is 10.2 Å². The Morgan fingerprint density at radius 2 is 2.00 bits per heavy atom. The molecule has 1 saturated heterocycles. The largest absolute Gasteiger partial charge is 0.497 e. The van der Waals surface area contributed by atoms with Crippen LogP contribution in [0.1, 0.15) is 13.8 Å². The zero-order valence-electron chi connectivity index (χ0n) is 12.5. The van der Waals surface area contributed by atoms with Crippen LogP contribution in [0.25, 0.3) is 0 Å². The van der Waals surface area contributed by atoms with Crippen molar-refractivity contribution in [3.8, 4) is 11.5 Å². The third kappa shape index (κ3) is 3.45. The first-order valence-corrected chi connectivity index (χ1v) is 6.91. The minimum Gasteiger partial charge on any atom is -0.497 e. The number of amides is 3. The highest BCUT2D eigenvalue weighted by Crippen LogP contribution is 2.19. The second-order valence-corrected chi connectivity index (χ2v) is 5.19. The Kier molecular flexibility index (Phi) is 4.67. The highest BCUT2D eigenvalue weighted by molar-refractivity contribution is 6.04. The van der Waals surface area contributed by atoms with Crippen molar-refractivity contribution < 1.29 is 19.1 Å². The van der Waals surface area contributed by atoms with Crippen LogP contribution in [0.15, 0.2) is 24.3 Å². The first-order chi connectivity index (χ1) is 10.0. The summed E-state index contributed by atoms with van der Waals surface area (Å²) in [7, 11) is 1.58. The van der Waals surface area contributed by atoms with Crippen LogP contribution in [0.5, 0.6) is 11.5 Å². The van der Waals surface area contributed by atoms with Gasteiger partial charge in [0, 0.05) is 6.07 Å². The van der Waals surface area contributed by atoms with Crippen LogP contribution >= 0.6 is 0 Å². The van der Waals surface area contributed by atoms with Gasteiger partial charge in [-0.1, -0.05) is 19.9 Å². The van der Waals surface area contributed by atoms with Gasteiger partial charge in [0.05, 0.1) is 13.7 Å². The van der Waals surface area contributed by atoms with Gasteiger partial charge in [-0.15, -0.1) is 0 Å². The van der Waals surface area contributed by atoms with Gasteiger partial charge < -0.3 is 14.8 Å². The summed E-state index contributed by atoms with van der Waals surface area (Å²) in [5.41, 5.74) is 0. The lowest BCUT2D eigenvalue weighted by molar-refractivity contribution is -0.128. The van der Waals surface area contributed by atoms with Gasteiger partial charge in [0.25, 0.3) is 5.91 Å². The lowest BCUT2D eigenvalue weighted by Crippen LogP contribution is -2.36. The molecule has 1 aliphatic rings. The van der Waals surface area contributed by atoms with E-state index in [1.165, 1.54) is 4.90 Å². The molecule has 0 spiro atoms. The summed E-state index contributed by atoms with van der Waals surface area (Å²) in [6.45, 7) is 4.28. The van der Waals surface area contributed by atoms with Crippen LogP contribution in [0.2, 0.25) is 0 Å². The number of nitrogens with zero attached hydrogens (tertiary/aromatic N) is 1. The molecule has 1 heterocycles. The SMILES string of the molecule is COc1cccc(OCCN2C(=O)N[C@H](C(C)C)C2=O)c1. The summed E-state index contributed by atoms with van der Waals surface area (Å²) >= 11 is 0. The van der Waals surface area contributed by atoms with Gasteiger partial charge in [0.1, 0.15) is 24.1 Å². The molecule has 1 N–H and O–H groups in total. The molecule has 0 radical (unpaired) electrons. The summed E-state index contributed by atoms with van der Waals surface area (Å²) in [6, 6.07) is 6.39. The molecule has 0 saturated carbocycles. The molecular formula is C15H20N2O4. The van der Waals surface area contributed by atoms with E-state index >= 15 is 0 Å². The van der Waals surface area contributed by atoms with E-state index in [9.17, 15) is 9.59 Å². The van der Waals surface area contributed by atoms with Gasteiger partial charge in [-0.2, -0.15) is 0 Å². The number of nitrogens with one attached hydrogen (secondary N) is 1. The van der Waals surface area contributed by atoms with Crippen molar-refractivity contribution in [3.05, 3.63) is 24.3 Å². The van der Waals surface area contributed by atoms with E-state index < -0.39 is 6.04 Å². The molecule has 6 nitrogen and oxygen atoms in total. The van der Waals surface area contributed by atoms with E-state index in [1.54, 1.807) is 19.2 Å². The van der Waals surface area contributed by atoms with Crippen LogP contribution < -0.4 is 14.8 Å². The molecule has 2 rings (SSSR count). The van der Waals surface area contributed by atoms with Crippen LogP contribution in [-0.4, -0.2) is 43.1 Å². The van der Waals surface area contributed by atoms with Gasteiger partial charge in [-0.3, -0.25) is 9.69 Å². The molecular weight excluding hydrogens is 272 g/mol. The number of ether oxygens (including phenoxy) is 2. The zero-order valence-corrected chi connectivity index (χ0v) is 12.5. The summed E-state index contributed by atoms with van der Waals surface area (Å²) in [5.74, 6) is 1.22. The molecule has 1 fully saturated rings. The quantitative estimate of drug-likeness (QED) is 0.810. The minimum atomic E-state index is -0.436. The van der Waals surface area contributed by atoms with E-state index in [2.05, 4.69) is 5.32 Å². The van der Waals surface area contributed by atoms with Crippen LogP contribution in [0, 0.1) is 5.92 Å². The molecule has 1 atom stereocenters. The second-order valence-electron chi connectivity index (χ2n) is 5.19. The highest BCUT2D eigenvalue weighted by Gasteiger charge is 2.39. The fourth-order valence-corrected chi connectivity index (χ4v) is 2.15. The Labute approximate surface area is 124 Å². The van der Waals surface area contributed by atoms with Crippen molar-refractivity contribution in [2.24, 2.45) is 5.92 Å². The predicted molar refractivity (Wildman–Crippen MR) is 77.4 cm³/mol. The Morgan fingerprint density at radius 3 is 2.62 bits per heavy atom. The molecule has 0 aliphatic carbocycles. The van der Waals surface area contributed by atoms with Gasteiger partial charge in [0.15, 0.2) is 0 Å². The predicted octanol–water partition coefficient (Wildman–Crippen LogP) is 1.65. The van der Waals surface area contributed by atoms with Crippen molar-refractivity contribution in [2.75, 3.05) is 20.3 Å². The monoisotopic (exact) mass is 292 g/mol. The number of carbonyl (C=O) groups excluding carboxylic acids is 2. The fourth-order valence-electron chi connectivity index (χ4n) is 2.15. The van der Waals surface area contributed by atoms with Crippen LogP contribution in [-0.2, 0) is 4.79 Å². The number of imide groups is 1. The van der Waals surface area contributed by atoms with E-state index in [1.807, 2.05) is 26.0 Å². The highest BCUT2D eigenvalue weighted by atomic mass is 16.5. The van der Waals surface area contributed by atoms with Crippen LogP contribution in [0.3, 0.4) is 0 Å². The van der Waals surface area contributed by atoms with E-state index in [4.69, 9.17) is 9.47 Å². The zero-order chi connectivity index (χ0) is 15.4. The maximum Gasteiger partial charge on any atom is 0.324 e. The number of hydrogen-bond acceptors (Lipinski definition) is 4. The minimum absolute atomic E-state index is 0.0748. The van der Waals surface area contributed by atoms with Crippen molar-refractivity contribution in [3.63, 3.8) is 0 Å². The molecule has 114 valence electrons. The third-order valence-electron chi connectivity index (χ3n) is 3.35. The summed E-state index contributed by atoms with van der Waals surface area (Å²) < 4.78 is 10.6. The van der Waals surface area contributed by atoms with Crippen molar-refractivity contribution in [1.29, 1.82) is 0 Å².